The van der Waals surface area contributed by atoms with Crippen molar-refractivity contribution in [1.82, 2.24) is 0 Å². The van der Waals surface area contributed by atoms with Gasteiger partial charge in [0.2, 0.25) is 0 Å². The van der Waals surface area contributed by atoms with Crippen LogP contribution in [0.5, 0.6) is 0 Å². The van der Waals surface area contributed by atoms with E-state index in [0.717, 1.165) is 11.7 Å². The van der Waals surface area contributed by atoms with Crippen molar-refractivity contribution in [2.75, 3.05) is 0 Å². The van der Waals surface area contributed by atoms with Gasteiger partial charge in [-0.3, -0.25) is 0 Å². The number of rotatable bonds is 5. The van der Waals surface area contributed by atoms with Crippen molar-refractivity contribution in [3.63, 3.8) is 0 Å². The molecule has 0 aliphatic heterocycles. The second kappa shape index (κ2) is 8.25. The molecule has 4 heteroatoms. The predicted molar refractivity (Wildman–Crippen MR) is 134 cm³/mol. The molecule has 0 amide bonds. The Morgan fingerprint density at radius 1 is 0.586 bits per heavy atom. The number of hydrogen-bond donors (Lipinski definition) is 0. The Bertz CT molecular complexity index is 1020. The summed E-state index contributed by atoms with van der Waals surface area (Å²) in [5.41, 5.74) is 1.07. The quantitative estimate of drug-likeness (QED) is 0.251. The van der Waals surface area contributed by atoms with Crippen molar-refractivity contribution in [3.05, 3.63) is 125 Å². The molecule has 0 radical (unpaired) electrons. The van der Waals surface area contributed by atoms with E-state index in [2.05, 4.69) is 106 Å². The molecule has 0 saturated carbocycles. The fraction of sp³-hybridized carbons (Fsp3) is 0.0400. The fourth-order valence-corrected chi connectivity index (χ4v) is 12.2. The molecule has 146 valence electrons. The molecule has 0 heterocycles. The van der Waals surface area contributed by atoms with Crippen molar-refractivity contribution in [3.8, 4) is 0 Å². The molecule has 29 heavy (non-hydrogen) atoms. The normalized spacial score (nSPS) is 12.9. The molecule has 0 N–H and O–H groups in total. The number of benzene rings is 4. The van der Waals surface area contributed by atoms with Gasteiger partial charge in [-0.15, -0.1) is 0 Å². The first kappa shape index (κ1) is 20.6. The minimum atomic E-state index is -3.05. The Labute approximate surface area is 190 Å². The molecular weight excluding hydrogens is 482 g/mol. The van der Waals surface area contributed by atoms with Crippen LogP contribution in [0.4, 0.5) is 0 Å². The summed E-state index contributed by atoms with van der Waals surface area (Å²) in [6.07, 6.45) is 0.750. The molecule has 0 unspecified atom stereocenters. The van der Waals surface area contributed by atoms with Crippen LogP contribution in [-0.4, -0.2) is 0 Å². The molecular formula is C25H20BrCl2P. The van der Waals surface area contributed by atoms with Crippen LogP contribution in [0.15, 0.2) is 109 Å². The Kier molecular flexibility index (Phi) is 5.87. The van der Waals surface area contributed by atoms with Crippen LogP contribution in [0.2, 0.25) is 10.0 Å². The third kappa shape index (κ3) is 3.66. The van der Waals surface area contributed by atoms with Gasteiger partial charge in [0.1, 0.15) is 0 Å². The topological polar surface area (TPSA) is 0 Å². The predicted octanol–water partition coefficient (Wildman–Crippen LogP) is 7.33. The van der Waals surface area contributed by atoms with Gasteiger partial charge in [0.15, 0.2) is 0 Å². The molecule has 0 nitrogen and oxygen atoms in total. The van der Waals surface area contributed by atoms with E-state index in [1.807, 2.05) is 18.2 Å². The Morgan fingerprint density at radius 3 is 1.38 bits per heavy atom. The van der Waals surface area contributed by atoms with Crippen molar-refractivity contribution in [1.29, 1.82) is 0 Å². The molecule has 0 aliphatic carbocycles. The molecule has 0 fully saturated rings. The molecule has 0 spiro atoms. The van der Waals surface area contributed by atoms with Gasteiger partial charge < -0.3 is 0 Å². The van der Waals surface area contributed by atoms with E-state index in [9.17, 15) is 0 Å². The first-order valence-electron chi connectivity index (χ1n) is 9.36. The average Bonchev–Trinajstić information content (AvgIpc) is 2.78. The average molecular weight is 502 g/mol. The minimum absolute atomic E-state index is 0.646. The van der Waals surface area contributed by atoms with Crippen LogP contribution in [0, 0.1) is 0 Å². The molecule has 0 aliphatic rings. The van der Waals surface area contributed by atoms with Crippen LogP contribution in [0.1, 0.15) is 5.56 Å². The van der Waals surface area contributed by atoms with Gasteiger partial charge >= 0.3 is 191 Å². The number of halogens is 3. The maximum atomic E-state index is 6.68. The Balaban J connectivity index is 2.09. The van der Waals surface area contributed by atoms with Gasteiger partial charge in [-0.25, -0.2) is 0 Å². The van der Waals surface area contributed by atoms with Crippen LogP contribution in [-0.2, 0) is 6.16 Å². The molecule has 0 atom stereocenters. The van der Waals surface area contributed by atoms with E-state index in [1.165, 1.54) is 15.9 Å². The summed E-state index contributed by atoms with van der Waals surface area (Å²) in [4.78, 5) is 0. The summed E-state index contributed by atoms with van der Waals surface area (Å²) in [5.74, 6) is 0. The summed E-state index contributed by atoms with van der Waals surface area (Å²) in [6.45, 7) is 0. The SMILES string of the molecule is Clc1ccc(CP(Br)(c2ccccc2)(c2ccccc2)c2ccccc2)c(Cl)c1. The second-order valence-corrected chi connectivity index (χ2v) is 16.9. The maximum absolute atomic E-state index is 6.68. The number of hydrogen-bond acceptors (Lipinski definition) is 0. The van der Waals surface area contributed by atoms with Crippen molar-refractivity contribution in [2.45, 2.75) is 6.16 Å². The molecule has 0 bridgehead atoms. The van der Waals surface area contributed by atoms with E-state index in [-0.39, 0.29) is 0 Å². The van der Waals surface area contributed by atoms with Crippen LogP contribution in [0.3, 0.4) is 0 Å². The summed E-state index contributed by atoms with van der Waals surface area (Å²) in [6, 6.07) is 37.9. The second-order valence-electron chi connectivity index (χ2n) is 7.08. The monoisotopic (exact) mass is 500 g/mol. The van der Waals surface area contributed by atoms with E-state index in [0.29, 0.717) is 10.0 Å². The van der Waals surface area contributed by atoms with Crippen molar-refractivity contribution < 1.29 is 0 Å². The van der Waals surface area contributed by atoms with Gasteiger partial charge in [-0.1, -0.05) is 0 Å². The summed E-state index contributed by atoms with van der Waals surface area (Å²) in [5, 5.41) is 2.09. The van der Waals surface area contributed by atoms with Crippen molar-refractivity contribution >= 4 is 59.9 Å². The van der Waals surface area contributed by atoms with E-state index >= 15 is 0 Å². The Hall–Kier alpha value is -1.63. The van der Waals surface area contributed by atoms with Gasteiger partial charge in [0.05, 0.1) is 0 Å². The zero-order valence-electron chi connectivity index (χ0n) is 15.7. The molecule has 4 aromatic carbocycles. The van der Waals surface area contributed by atoms with E-state index < -0.39 is 5.31 Å². The van der Waals surface area contributed by atoms with E-state index in [4.69, 9.17) is 23.2 Å². The molecule has 4 rings (SSSR count). The fourth-order valence-electron chi connectivity index (χ4n) is 3.91. The van der Waals surface area contributed by atoms with Crippen LogP contribution >= 0.6 is 44.0 Å². The summed E-state index contributed by atoms with van der Waals surface area (Å²) >= 11 is 17.3. The third-order valence-electron chi connectivity index (χ3n) is 5.37. The molecule has 0 saturated heterocycles. The summed E-state index contributed by atoms with van der Waals surface area (Å²) in [7, 11) is 0. The standard InChI is InChI=1S/C25H20BrCl2P/c26-29(22-10-4-1-5-11-22,23-12-6-2-7-13-23,24-14-8-3-9-15-24)19-20-16-17-21(27)18-25(20)28/h1-18H,19H2. The molecule has 4 aromatic rings. The van der Waals surface area contributed by atoms with Gasteiger partial charge in [-0.05, 0) is 0 Å². The van der Waals surface area contributed by atoms with E-state index in [1.54, 1.807) is 0 Å². The van der Waals surface area contributed by atoms with Gasteiger partial charge in [0.25, 0.3) is 0 Å². The van der Waals surface area contributed by atoms with Crippen molar-refractivity contribution in [2.24, 2.45) is 0 Å². The zero-order chi connectivity index (χ0) is 20.3. The third-order valence-corrected chi connectivity index (χ3v) is 15.4. The van der Waals surface area contributed by atoms with Gasteiger partial charge in [-0.2, -0.15) is 0 Å². The van der Waals surface area contributed by atoms with Crippen LogP contribution < -0.4 is 15.9 Å². The summed E-state index contributed by atoms with van der Waals surface area (Å²) < 4.78 is 0. The molecule has 0 aromatic heterocycles. The van der Waals surface area contributed by atoms with Gasteiger partial charge in [0, 0.05) is 0 Å². The van der Waals surface area contributed by atoms with Crippen LogP contribution in [0.25, 0.3) is 0 Å². The first-order chi connectivity index (χ1) is 14.0. The Morgan fingerprint density at radius 2 is 1.00 bits per heavy atom. The zero-order valence-corrected chi connectivity index (χ0v) is 19.7. The first-order valence-corrected chi connectivity index (χ1v) is 14.6.